The Morgan fingerprint density at radius 3 is 2.67 bits per heavy atom. The number of amides is 1. The number of hydrogen-bond donors (Lipinski definition) is 0. The fourth-order valence-electron chi connectivity index (χ4n) is 1.79. The molecule has 1 aliphatic heterocycles. The van der Waals surface area contributed by atoms with Gasteiger partial charge in [0.25, 0.3) is 0 Å². The van der Waals surface area contributed by atoms with Crippen molar-refractivity contribution in [1.29, 1.82) is 0 Å². The topological polar surface area (TPSA) is 42.4 Å². The van der Waals surface area contributed by atoms with Crippen LogP contribution < -0.4 is 0 Å². The lowest BCUT2D eigenvalue weighted by molar-refractivity contribution is 0.00787. The fraction of sp³-hybridized carbons (Fsp3) is 0.538. The number of carbonyl (C=O) groups is 1. The van der Waals surface area contributed by atoms with Crippen LogP contribution in [0.3, 0.4) is 0 Å². The quantitative estimate of drug-likeness (QED) is 0.748. The van der Waals surface area contributed by atoms with Gasteiger partial charge in [0.15, 0.2) is 0 Å². The first-order valence-electron chi connectivity index (χ1n) is 5.95. The standard InChI is InChI=1S/C13H17BrN2O2/c1-13(2,3)18-12(17)16-7-9(8-16)10-5-4-6-11(14)15-10/h4-6,9H,7-8H2,1-3H3. The molecule has 0 saturated carbocycles. The number of likely N-dealkylation sites (tertiary alicyclic amines) is 1. The molecule has 1 aromatic heterocycles. The Morgan fingerprint density at radius 1 is 1.44 bits per heavy atom. The van der Waals surface area contributed by atoms with Gasteiger partial charge in [-0.25, -0.2) is 9.78 Å². The maximum atomic E-state index is 11.8. The average Bonchev–Trinajstić information content (AvgIpc) is 2.11. The number of aromatic nitrogens is 1. The highest BCUT2D eigenvalue weighted by Crippen LogP contribution is 2.27. The highest BCUT2D eigenvalue weighted by Gasteiger charge is 2.35. The van der Waals surface area contributed by atoms with E-state index in [9.17, 15) is 4.79 Å². The summed E-state index contributed by atoms with van der Waals surface area (Å²) in [5.74, 6) is 0.315. The zero-order chi connectivity index (χ0) is 13.3. The number of nitrogens with zero attached hydrogens (tertiary/aromatic N) is 2. The Kier molecular flexibility index (Phi) is 3.61. The van der Waals surface area contributed by atoms with Crippen molar-refractivity contribution in [3.8, 4) is 0 Å². The average molecular weight is 313 g/mol. The predicted octanol–water partition coefficient (Wildman–Crippen LogP) is 3.18. The van der Waals surface area contributed by atoms with Crippen LogP contribution in [-0.4, -0.2) is 34.7 Å². The van der Waals surface area contributed by atoms with E-state index in [1.54, 1.807) is 4.90 Å². The predicted molar refractivity (Wildman–Crippen MR) is 72.5 cm³/mol. The highest BCUT2D eigenvalue weighted by atomic mass is 79.9. The molecule has 0 aliphatic carbocycles. The van der Waals surface area contributed by atoms with E-state index >= 15 is 0 Å². The molecular weight excluding hydrogens is 296 g/mol. The van der Waals surface area contributed by atoms with Crippen LogP contribution in [0.1, 0.15) is 32.4 Å². The first-order chi connectivity index (χ1) is 8.35. The molecule has 18 heavy (non-hydrogen) atoms. The number of ether oxygens (including phenoxy) is 1. The minimum absolute atomic E-state index is 0.242. The second-order valence-electron chi connectivity index (χ2n) is 5.47. The molecule has 1 aliphatic rings. The molecular formula is C13H17BrN2O2. The largest absolute Gasteiger partial charge is 0.444 e. The van der Waals surface area contributed by atoms with E-state index in [0.29, 0.717) is 19.0 Å². The molecule has 5 heteroatoms. The third kappa shape index (κ3) is 3.22. The molecule has 2 rings (SSSR count). The van der Waals surface area contributed by atoms with Gasteiger partial charge in [-0.15, -0.1) is 0 Å². The smallest absolute Gasteiger partial charge is 0.410 e. The number of carbonyl (C=O) groups excluding carboxylic acids is 1. The molecule has 98 valence electrons. The minimum atomic E-state index is -0.434. The summed E-state index contributed by atoms with van der Waals surface area (Å²) in [6.07, 6.45) is -0.242. The number of halogens is 1. The monoisotopic (exact) mass is 312 g/mol. The second-order valence-corrected chi connectivity index (χ2v) is 6.28. The van der Waals surface area contributed by atoms with Crippen molar-refractivity contribution in [2.24, 2.45) is 0 Å². The maximum absolute atomic E-state index is 11.8. The molecule has 1 aromatic rings. The van der Waals surface area contributed by atoms with Gasteiger partial charge >= 0.3 is 6.09 Å². The highest BCUT2D eigenvalue weighted by molar-refractivity contribution is 9.10. The van der Waals surface area contributed by atoms with Crippen LogP contribution in [0.2, 0.25) is 0 Å². The van der Waals surface area contributed by atoms with Crippen LogP contribution in [0.25, 0.3) is 0 Å². The summed E-state index contributed by atoms with van der Waals surface area (Å²) in [6.45, 7) is 6.98. The van der Waals surface area contributed by atoms with E-state index < -0.39 is 5.60 Å². The van der Waals surface area contributed by atoms with Crippen molar-refractivity contribution in [2.45, 2.75) is 32.3 Å². The van der Waals surface area contributed by atoms with Crippen molar-refractivity contribution < 1.29 is 9.53 Å². The van der Waals surface area contributed by atoms with Crippen molar-refractivity contribution in [3.05, 3.63) is 28.5 Å². The third-order valence-electron chi connectivity index (χ3n) is 2.69. The summed E-state index contributed by atoms with van der Waals surface area (Å²) in [7, 11) is 0. The summed E-state index contributed by atoms with van der Waals surface area (Å²) in [6, 6.07) is 5.85. The molecule has 0 bridgehead atoms. The number of hydrogen-bond acceptors (Lipinski definition) is 3. The molecule has 4 nitrogen and oxygen atoms in total. The summed E-state index contributed by atoms with van der Waals surface area (Å²) in [5.41, 5.74) is 0.583. The summed E-state index contributed by atoms with van der Waals surface area (Å²) in [4.78, 5) is 17.9. The minimum Gasteiger partial charge on any atom is -0.444 e. The van der Waals surface area contributed by atoms with Crippen LogP contribution in [0.5, 0.6) is 0 Å². The van der Waals surface area contributed by atoms with Crippen molar-refractivity contribution in [3.63, 3.8) is 0 Å². The molecule has 1 fully saturated rings. The molecule has 2 heterocycles. The van der Waals surface area contributed by atoms with Gasteiger partial charge in [0, 0.05) is 24.7 Å². The van der Waals surface area contributed by atoms with Gasteiger partial charge in [0.05, 0.1) is 0 Å². The van der Waals surface area contributed by atoms with Crippen LogP contribution >= 0.6 is 15.9 Å². The fourth-order valence-corrected chi connectivity index (χ4v) is 2.15. The van der Waals surface area contributed by atoms with Crippen LogP contribution in [0, 0.1) is 0 Å². The zero-order valence-corrected chi connectivity index (χ0v) is 12.4. The lowest BCUT2D eigenvalue weighted by Crippen LogP contribution is -2.50. The summed E-state index contributed by atoms with van der Waals surface area (Å²) >= 11 is 3.35. The van der Waals surface area contributed by atoms with E-state index in [-0.39, 0.29) is 6.09 Å². The zero-order valence-electron chi connectivity index (χ0n) is 10.8. The molecule has 0 radical (unpaired) electrons. The number of rotatable bonds is 1. The Hall–Kier alpha value is -1.10. The molecule has 0 spiro atoms. The summed E-state index contributed by atoms with van der Waals surface area (Å²) < 4.78 is 6.14. The molecule has 0 unspecified atom stereocenters. The Labute approximate surface area is 115 Å². The van der Waals surface area contributed by atoms with Gasteiger partial charge in [-0.05, 0) is 48.8 Å². The van der Waals surface area contributed by atoms with E-state index in [1.807, 2.05) is 39.0 Å². The van der Waals surface area contributed by atoms with Crippen molar-refractivity contribution >= 4 is 22.0 Å². The molecule has 0 atom stereocenters. The normalized spacial score (nSPS) is 16.3. The van der Waals surface area contributed by atoms with Crippen LogP contribution in [-0.2, 0) is 4.74 Å². The van der Waals surface area contributed by atoms with E-state index in [2.05, 4.69) is 20.9 Å². The van der Waals surface area contributed by atoms with Gasteiger partial charge in [-0.3, -0.25) is 0 Å². The Bertz CT molecular complexity index is 451. The van der Waals surface area contributed by atoms with Crippen molar-refractivity contribution in [1.82, 2.24) is 9.88 Å². The third-order valence-corrected chi connectivity index (χ3v) is 3.13. The lowest BCUT2D eigenvalue weighted by atomic mass is 9.96. The molecule has 0 aromatic carbocycles. The van der Waals surface area contributed by atoms with Crippen LogP contribution in [0.4, 0.5) is 4.79 Å². The molecule has 1 saturated heterocycles. The maximum Gasteiger partial charge on any atom is 0.410 e. The molecule has 0 N–H and O–H groups in total. The molecule has 1 amide bonds. The first-order valence-corrected chi connectivity index (χ1v) is 6.75. The Balaban J connectivity index is 1.89. The van der Waals surface area contributed by atoms with E-state index in [4.69, 9.17) is 4.74 Å². The van der Waals surface area contributed by atoms with Crippen molar-refractivity contribution in [2.75, 3.05) is 13.1 Å². The summed E-state index contributed by atoms with van der Waals surface area (Å²) in [5, 5.41) is 0. The lowest BCUT2D eigenvalue weighted by Gasteiger charge is -2.39. The van der Waals surface area contributed by atoms with Crippen LogP contribution in [0.15, 0.2) is 22.8 Å². The van der Waals surface area contributed by atoms with Gasteiger partial charge in [-0.1, -0.05) is 6.07 Å². The Morgan fingerprint density at radius 2 is 2.11 bits per heavy atom. The van der Waals surface area contributed by atoms with Gasteiger partial charge in [0.1, 0.15) is 10.2 Å². The SMILES string of the molecule is CC(C)(C)OC(=O)N1CC(c2cccc(Br)n2)C1. The first kappa shape index (κ1) is 13.3. The number of pyridine rings is 1. The van der Waals surface area contributed by atoms with Gasteiger partial charge in [0.2, 0.25) is 0 Å². The van der Waals surface area contributed by atoms with E-state index in [1.165, 1.54) is 0 Å². The second kappa shape index (κ2) is 4.88. The van der Waals surface area contributed by atoms with Gasteiger partial charge in [-0.2, -0.15) is 0 Å². The van der Waals surface area contributed by atoms with E-state index in [0.717, 1.165) is 10.3 Å². The van der Waals surface area contributed by atoms with Gasteiger partial charge < -0.3 is 9.64 Å².